The zero-order valence-corrected chi connectivity index (χ0v) is 19.1. The average Bonchev–Trinajstić information content (AvgIpc) is 3.27. The van der Waals surface area contributed by atoms with Gasteiger partial charge in [-0.15, -0.1) is 0 Å². The number of hydrogen-bond donors (Lipinski definition) is 1. The highest BCUT2D eigenvalue weighted by Crippen LogP contribution is 2.31. The van der Waals surface area contributed by atoms with Crippen LogP contribution in [-0.2, 0) is 4.79 Å². The molecule has 1 N–H and O–H groups in total. The minimum atomic E-state index is -0.155. The fraction of sp³-hybridized carbons (Fsp3) is 0.652. The van der Waals surface area contributed by atoms with E-state index in [1.165, 1.54) is 0 Å². The van der Waals surface area contributed by atoms with Crippen molar-refractivity contribution in [1.29, 1.82) is 0 Å². The summed E-state index contributed by atoms with van der Waals surface area (Å²) in [7, 11) is 0. The molecule has 0 aromatic carbocycles. The molecule has 1 saturated carbocycles. The molecule has 168 valence electrons. The molecule has 0 radical (unpaired) electrons. The van der Waals surface area contributed by atoms with E-state index in [1.54, 1.807) is 6.07 Å². The lowest BCUT2D eigenvalue weighted by atomic mass is 10.1. The van der Waals surface area contributed by atoms with E-state index in [4.69, 9.17) is 4.98 Å². The van der Waals surface area contributed by atoms with E-state index in [9.17, 15) is 9.59 Å². The minimum absolute atomic E-state index is 0.0383. The van der Waals surface area contributed by atoms with Gasteiger partial charge in [0.25, 0.3) is 5.56 Å². The molecule has 2 aromatic rings. The van der Waals surface area contributed by atoms with Crippen LogP contribution in [0.1, 0.15) is 58.1 Å². The van der Waals surface area contributed by atoms with Crippen molar-refractivity contribution in [1.82, 2.24) is 24.8 Å². The number of aromatic nitrogens is 3. The molecule has 1 unspecified atom stereocenters. The Morgan fingerprint density at radius 2 is 1.81 bits per heavy atom. The SMILES string of the molecule is Cc1cc(=O)n(C2CCCC2)c2nc(N3CCN(C(C)C(=O)NC(C)C)CC3)ncc12. The first-order chi connectivity index (χ1) is 14.8. The van der Waals surface area contributed by atoms with Gasteiger partial charge >= 0.3 is 0 Å². The van der Waals surface area contributed by atoms with Crippen molar-refractivity contribution >= 4 is 22.9 Å². The van der Waals surface area contributed by atoms with E-state index < -0.39 is 0 Å². The Balaban J connectivity index is 1.55. The van der Waals surface area contributed by atoms with Crippen LogP contribution in [0.2, 0.25) is 0 Å². The van der Waals surface area contributed by atoms with Crippen LogP contribution in [-0.4, -0.2) is 63.6 Å². The Bertz CT molecular complexity index is 1000. The zero-order valence-electron chi connectivity index (χ0n) is 19.1. The van der Waals surface area contributed by atoms with Crippen molar-refractivity contribution in [3.8, 4) is 0 Å². The topological polar surface area (TPSA) is 83.4 Å². The maximum atomic E-state index is 12.8. The van der Waals surface area contributed by atoms with Gasteiger partial charge in [0.1, 0.15) is 5.65 Å². The summed E-state index contributed by atoms with van der Waals surface area (Å²) in [5, 5.41) is 3.95. The van der Waals surface area contributed by atoms with Crippen LogP contribution in [0, 0.1) is 6.92 Å². The molecule has 1 atom stereocenters. The molecule has 1 saturated heterocycles. The number of fused-ring (bicyclic) bond motifs is 1. The third kappa shape index (κ3) is 4.44. The van der Waals surface area contributed by atoms with Gasteiger partial charge in [-0.25, -0.2) is 4.98 Å². The van der Waals surface area contributed by atoms with Gasteiger partial charge < -0.3 is 10.2 Å². The average molecular weight is 427 g/mol. The second kappa shape index (κ2) is 8.94. The molecule has 1 aliphatic carbocycles. The third-order valence-electron chi connectivity index (χ3n) is 6.63. The summed E-state index contributed by atoms with van der Waals surface area (Å²) in [6.45, 7) is 10.9. The number of anilines is 1. The van der Waals surface area contributed by atoms with Gasteiger partial charge in [0.15, 0.2) is 0 Å². The van der Waals surface area contributed by atoms with Crippen LogP contribution in [0.25, 0.3) is 11.0 Å². The van der Waals surface area contributed by atoms with Crippen LogP contribution >= 0.6 is 0 Å². The molecule has 8 heteroatoms. The largest absolute Gasteiger partial charge is 0.353 e. The monoisotopic (exact) mass is 426 g/mol. The Hall–Kier alpha value is -2.48. The molecule has 0 spiro atoms. The highest BCUT2D eigenvalue weighted by atomic mass is 16.2. The molecule has 0 bridgehead atoms. The first kappa shape index (κ1) is 21.7. The quantitative estimate of drug-likeness (QED) is 0.790. The lowest BCUT2D eigenvalue weighted by molar-refractivity contribution is -0.126. The first-order valence-corrected chi connectivity index (χ1v) is 11.5. The molecular weight excluding hydrogens is 392 g/mol. The summed E-state index contributed by atoms with van der Waals surface area (Å²) in [6.07, 6.45) is 6.26. The second-order valence-electron chi connectivity index (χ2n) is 9.24. The smallest absolute Gasteiger partial charge is 0.252 e. The number of aryl methyl sites for hydroxylation is 1. The number of pyridine rings is 1. The number of hydrogen-bond acceptors (Lipinski definition) is 6. The molecule has 2 aliphatic rings. The Labute approximate surface area is 183 Å². The van der Waals surface area contributed by atoms with Gasteiger partial charge in [0, 0.05) is 55.9 Å². The van der Waals surface area contributed by atoms with Crippen molar-refractivity contribution in [2.75, 3.05) is 31.1 Å². The van der Waals surface area contributed by atoms with Gasteiger partial charge in [0.05, 0.1) is 6.04 Å². The van der Waals surface area contributed by atoms with Crippen LogP contribution in [0.4, 0.5) is 5.95 Å². The van der Waals surface area contributed by atoms with E-state index in [0.717, 1.165) is 68.5 Å². The molecule has 4 rings (SSSR count). The zero-order chi connectivity index (χ0) is 22.1. The van der Waals surface area contributed by atoms with Gasteiger partial charge in [0.2, 0.25) is 11.9 Å². The minimum Gasteiger partial charge on any atom is -0.353 e. The van der Waals surface area contributed by atoms with E-state index in [-0.39, 0.29) is 29.6 Å². The molecular formula is C23H34N6O2. The lowest BCUT2D eigenvalue weighted by Gasteiger charge is -2.37. The van der Waals surface area contributed by atoms with E-state index in [2.05, 4.69) is 20.1 Å². The highest BCUT2D eigenvalue weighted by Gasteiger charge is 2.27. The summed E-state index contributed by atoms with van der Waals surface area (Å²) in [6, 6.07) is 1.93. The summed E-state index contributed by atoms with van der Waals surface area (Å²) < 4.78 is 1.90. The Morgan fingerprint density at radius 1 is 1.13 bits per heavy atom. The predicted octanol–water partition coefficient (Wildman–Crippen LogP) is 2.25. The van der Waals surface area contributed by atoms with Gasteiger partial charge in [-0.3, -0.25) is 19.1 Å². The molecule has 2 fully saturated rings. The van der Waals surface area contributed by atoms with Crippen LogP contribution in [0.3, 0.4) is 0 Å². The summed E-state index contributed by atoms with van der Waals surface area (Å²) in [5.74, 6) is 0.740. The molecule has 1 aliphatic heterocycles. The van der Waals surface area contributed by atoms with E-state index in [0.29, 0.717) is 5.95 Å². The van der Waals surface area contributed by atoms with Crippen LogP contribution < -0.4 is 15.8 Å². The number of piperazine rings is 1. The van der Waals surface area contributed by atoms with Crippen LogP contribution in [0.15, 0.2) is 17.1 Å². The van der Waals surface area contributed by atoms with E-state index >= 15 is 0 Å². The number of amides is 1. The normalized spacial score (nSPS) is 19.3. The summed E-state index contributed by atoms with van der Waals surface area (Å²) >= 11 is 0. The Morgan fingerprint density at radius 3 is 2.45 bits per heavy atom. The number of carbonyl (C=O) groups excluding carboxylic acids is 1. The molecule has 8 nitrogen and oxygen atoms in total. The second-order valence-corrected chi connectivity index (χ2v) is 9.24. The third-order valence-corrected chi connectivity index (χ3v) is 6.63. The van der Waals surface area contributed by atoms with Crippen molar-refractivity contribution in [2.45, 2.75) is 71.5 Å². The van der Waals surface area contributed by atoms with Crippen molar-refractivity contribution in [3.63, 3.8) is 0 Å². The van der Waals surface area contributed by atoms with Gasteiger partial charge in [-0.05, 0) is 46.1 Å². The number of nitrogens with one attached hydrogen (secondary N) is 1. The van der Waals surface area contributed by atoms with Crippen LogP contribution in [0.5, 0.6) is 0 Å². The molecule has 3 heterocycles. The Kier molecular flexibility index (Phi) is 6.27. The number of carbonyl (C=O) groups is 1. The lowest BCUT2D eigenvalue weighted by Crippen LogP contribution is -2.54. The maximum absolute atomic E-state index is 12.8. The maximum Gasteiger partial charge on any atom is 0.252 e. The summed E-state index contributed by atoms with van der Waals surface area (Å²) in [5.41, 5.74) is 1.72. The van der Waals surface area contributed by atoms with Gasteiger partial charge in [-0.1, -0.05) is 12.8 Å². The predicted molar refractivity (Wildman–Crippen MR) is 123 cm³/mol. The highest BCUT2D eigenvalue weighted by molar-refractivity contribution is 5.81. The standard InChI is InChI=1S/C23H34N6O2/c1-15(2)25-22(31)17(4)27-9-11-28(12-10-27)23-24-14-19-16(3)13-20(30)29(21(19)26-23)18-7-5-6-8-18/h13-15,17-18H,5-12H2,1-4H3,(H,25,31). The molecule has 2 aromatic heterocycles. The van der Waals surface area contributed by atoms with Crippen molar-refractivity contribution in [2.24, 2.45) is 0 Å². The molecule has 31 heavy (non-hydrogen) atoms. The molecule has 1 amide bonds. The number of nitrogens with zero attached hydrogens (tertiary/aromatic N) is 5. The van der Waals surface area contributed by atoms with Crippen molar-refractivity contribution in [3.05, 3.63) is 28.2 Å². The number of rotatable bonds is 5. The van der Waals surface area contributed by atoms with Gasteiger partial charge in [-0.2, -0.15) is 4.98 Å². The van der Waals surface area contributed by atoms with E-state index in [1.807, 2.05) is 38.5 Å². The fourth-order valence-corrected chi connectivity index (χ4v) is 4.81. The first-order valence-electron chi connectivity index (χ1n) is 11.5. The fourth-order valence-electron chi connectivity index (χ4n) is 4.81. The summed E-state index contributed by atoms with van der Waals surface area (Å²) in [4.78, 5) is 39.1. The van der Waals surface area contributed by atoms with Crippen molar-refractivity contribution < 1.29 is 4.79 Å².